The highest BCUT2D eigenvalue weighted by Gasteiger charge is 2.21. The predicted molar refractivity (Wildman–Crippen MR) is 126 cm³/mol. The van der Waals surface area contributed by atoms with Gasteiger partial charge in [0.15, 0.2) is 0 Å². The molecule has 1 fully saturated rings. The van der Waals surface area contributed by atoms with Crippen LogP contribution in [-0.4, -0.2) is 56.8 Å². The number of nitrogens with zero attached hydrogens (tertiary/aromatic N) is 5. The summed E-state index contributed by atoms with van der Waals surface area (Å²) in [5.74, 6) is 0.361. The van der Waals surface area contributed by atoms with Gasteiger partial charge in [-0.1, -0.05) is 12.1 Å². The lowest BCUT2D eigenvalue weighted by Crippen LogP contribution is -2.38. The van der Waals surface area contributed by atoms with Gasteiger partial charge in [0.05, 0.1) is 18.0 Å². The van der Waals surface area contributed by atoms with Gasteiger partial charge in [0.25, 0.3) is 5.91 Å². The van der Waals surface area contributed by atoms with E-state index in [1.807, 2.05) is 6.92 Å². The van der Waals surface area contributed by atoms with Crippen molar-refractivity contribution in [2.75, 3.05) is 37.7 Å². The molecule has 0 atom stereocenters. The topological polar surface area (TPSA) is 137 Å². The highest BCUT2D eigenvalue weighted by atomic mass is 16.5. The summed E-state index contributed by atoms with van der Waals surface area (Å²) >= 11 is 0. The number of carbonyl (C=O) groups excluding carboxylic acids is 1. The highest BCUT2D eigenvalue weighted by molar-refractivity contribution is 5.94. The summed E-state index contributed by atoms with van der Waals surface area (Å²) < 4.78 is 7.13. The number of likely N-dealkylation sites (tertiary alicyclic amines) is 1. The van der Waals surface area contributed by atoms with Gasteiger partial charge >= 0.3 is 0 Å². The van der Waals surface area contributed by atoms with Crippen molar-refractivity contribution in [3.8, 4) is 11.6 Å². The van der Waals surface area contributed by atoms with Crippen molar-refractivity contribution in [2.24, 2.45) is 5.92 Å². The molecule has 4 rings (SSSR count). The number of piperidine rings is 1. The fourth-order valence-corrected chi connectivity index (χ4v) is 3.94. The fourth-order valence-electron chi connectivity index (χ4n) is 3.94. The van der Waals surface area contributed by atoms with Crippen molar-refractivity contribution < 1.29 is 9.53 Å². The van der Waals surface area contributed by atoms with Gasteiger partial charge < -0.3 is 21.5 Å². The average Bonchev–Trinajstić information content (AvgIpc) is 3.37. The Balaban J connectivity index is 1.24. The van der Waals surface area contributed by atoms with Gasteiger partial charge in [-0.15, -0.1) is 0 Å². The smallest absolute Gasteiger partial charge is 0.270 e. The van der Waals surface area contributed by atoms with E-state index in [-0.39, 0.29) is 23.2 Å². The summed E-state index contributed by atoms with van der Waals surface area (Å²) in [4.78, 5) is 23.2. The molecule has 1 amide bonds. The first-order valence-electron chi connectivity index (χ1n) is 11.2. The Morgan fingerprint density at radius 2 is 1.97 bits per heavy atom. The first kappa shape index (κ1) is 22.5. The van der Waals surface area contributed by atoms with Crippen molar-refractivity contribution >= 4 is 17.3 Å². The number of carbonyl (C=O) groups is 1. The first-order chi connectivity index (χ1) is 16.0. The molecule has 10 heteroatoms. The molecule has 2 aromatic heterocycles. The third-order valence-electron chi connectivity index (χ3n) is 5.85. The Bertz CT molecular complexity index is 1060. The van der Waals surface area contributed by atoms with Gasteiger partial charge in [-0.3, -0.25) is 9.69 Å². The SMILES string of the molecule is CCOc1nc(C(=O)NCC2CCN(Cc3ccc(-n4cncn4)cc3)CC2)cc(N)c1N. The van der Waals surface area contributed by atoms with Crippen molar-refractivity contribution in [1.82, 2.24) is 30.0 Å². The quantitative estimate of drug-likeness (QED) is 0.473. The fraction of sp³-hybridized carbons (Fsp3) is 0.391. The summed E-state index contributed by atoms with van der Waals surface area (Å²) in [5.41, 5.74) is 14.8. The average molecular weight is 451 g/mol. The molecule has 33 heavy (non-hydrogen) atoms. The second-order valence-corrected chi connectivity index (χ2v) is 8.18. The van der Waals surface area contributed by atoms with Gasteiger partial charge in [0, 0.05) is 13.1 Å². The molecule has 174 valence electrons. The molecule has 10 nitrogen and oxygen atoms in total. The lowest BCUT2D eigenvalue weighted by atomic mass is 9.96. The maximum absolute atomic E-state index is 12.6. The van der Waals surface area contributed by atoms with Crippen LogP contribution >= 0.6 is 0 Å². The maximum atomic E-state index is 12.6. The number of amides is 1. The molecule has 1 aliphatic rings. The van der Waals surface area contributed by atoms with E-state index < -0.39 is 0 Å². The number of hydrogen-bond acceptors (Lipinski definition) is 8. The van der Waals surface area contributed by atoms with E-state index in [0.717, 1.165) is 38.2 Å². The molecule has 0 saturated carbocycles. The Morgan fingerprint density at radius 1 is 1.21 bits per heavy atom. The zero-order valence-electron chi connectivity index (χ0n) is 18.8. The summed E-state index contributed by atoms with van der Waals surface area (Å²) in [7, 11) is 0. The number of rotatable bonds is 8. The van der Waals surface area contributed by atoms with Crippen molar-refractivity contribution in [3.05, 3.63) is 54.2 Å². The summed E-state index contributed by atoms with van der Waals surface area (Å²) in [6, 6.07) is 9.86. The molecule has 0 spiro atoms. The highest BCUT2D eigenvalue weighted by Crippen LogP contribution is 2.26. The largest absolute Gasteiger partial charge is 0.476 e. The van der Waals surface area contributed by atoms with E-state index >= 15 is 0 Å². The molecule has 0 aliphatic carbocycles. The molecule has 1 saturated heterocycles. The van der Waals surface area contributed by atoms with E-state index in [1.165, 1.54) is 18.0 Å². The zero-order chi connectivity index (χ0) is 23.2. The van der Waals surface area contributed by atoms with Gasteiger partial charge in [-0.2, -0.15) is 5.10 Å². The molecule has 0 radical (unpaired) electrons. The van der Waals surface area contributed by atoms with Gasteiger partial charge in [-0.25, -0.2) is 14.6 Å². The number of nitrogen functional groups attached to an aromatic ring is 2. The second-order valence-electron chi connectivity index (χ2n) is 8.18. The first-order valence-corrected chi connectivity index (χ1v) is 11.2. The van der Waals surface area contributed by atoms with Crippen LogP contribution in [0.4, 0.5) is 11.4 Å². The minimum Gasteiger partial charge on any atom is -0.476 e. The molecule has 1 aliphatic heterocycles. The number of ether oxygens (including phenoxy) is 1. The van der Waals surface area contributed by atoms with Gasteiger partial charge in [-0.05, 0) is 62.5 Å². The minimum absolute atomic E-state index is 0.199. The van der Waals surface area contributed by atoms with Crippen molar-refractivity contribution in [1.29, 1.82) is 0 Å². The summed E-state index contributed by atoms with van der Waals surface area (Å²) in [5, 5.41) is 7.14. The molecular formula is C23H30N8O2. The minimum atomic E-state index is -0.266. The van der Waals surface area contributed by atoms with Crippen LogP contribution in [0.3, 0.4) is 0 Å². The van der Waals surface area contributed by atoms with E-state index in [1.54, 1.807) is 11.0 Å². The molecule has 0 unspecified atom stereocenters. The molecule has 0 bridgehead atoms. The summed E-state index contributed by atoms with van der Waals surface area (Å²) in [6.45, 7) is 5.72. The van der Waals surface area contributed by atoms with Crippen LogP contribution < -0.4 is 21.5 Å². The van der Waals surface area contributed by atoms with E-state index in [4.69, 9.17) is 16.2 Å². The van der Waals surface area contributed by atoms with Crippen LogP contribution in [-0.2, 0) is 6.54 Å². The Hall–Kier alpha value is -3.66. The van der Waals surface area contributed by atoms with Gasteiger partial charge in [0.2, 0.25) is 5.88 Å². The Morgan fingerprint density at radius 3 is 2.64 bits per heavy atom. The second kappa shape index (κ2) is 10.3. The van der Waals surface area contributed by atoms with Crippen LogP contribution in [0.15, 0.2) is 43.0 Å². The number of benzene rings is 1. The Kier molecular flexibility index (Phi) is 7.04. The van der Waals surface area contributed by atoms with Gasteiger partial charge in [0.1, 0.15) is 24.0 Å². The number of nitrogens with one attached hydrogen (secondary N) is 1. The zero-order valence-corrected chi connectivity index (χ0v) is 18.8. The van der Waals surface area contributed by atoms with E-state index in [9.17, 15) is 4.79 Å². The predicted octanol–water partition coefficient (Wildman–Crippen LogP) is 1.87. The number of nitrogens with two attached hydrogens (primary N) is 2. The van der Waals surface area contributed by atoms with Crippen LogP contribution in [0.5, 0.6) is 5.88 Å². The standard InChI is InChI=1S/C23H30N8O2/c1-2-33-23-21(25)19(24)11-20(29-23)22(32)27-12-16-7-9-30(10-8-16)13-17-3-5-18(6-4-17)31-15-26-14-28-31/h3-6,11,14-16H,2,7-10,12-13,25H2,1H3,(H2,24,29)(H,27,32). The maximum Gasteiger partial charge on any atom is 0.270 e. The van der Waals surface area contributed by atoms with Crippen LogP contribution in [0, 0.1) is 5.92 Å². The summed E-state index contributed by atoms with van der Waals surface area (Å²) in [6.07, 6.45) is 5.27. The lowest BCUT2D eigenvalue weighted by Gasteiger charge is -2.32. The number of hydrogen-bond donors (Lipinski definition) is 3. The number of aromatic nitrogens is 4. The normalized spacial score (nSPS) is 14.8. The molecule has 5 N–H and O–H groups in total. The van der Waals surface area contributed by atoms with Crippen LogP contribution in [0.25, 0.3) is 5.69 Å². The number of pyridine rings is 1. The van der Waals surface area contributed by atoms with E-state index in [2.05, 4.69) is 49.5 Å². The third-order valence-corrected chi connectivity index (χ3v) is 5.85. The molecular weight excluding hydrogens is 420 g/mol. The molecule has 3 aromatic rings. The van der Waals surface area contributed by atoms with Crippen LogP contribution in [0.1, 0.15) is 35.8 Å². The lowest BCUT2D eigenvalue weighted by molar-refractivity contribution is 0.0929. The van der Waals surface area contributed by atoms with Crippen molar-refractivity contribution in [2.45, 2.75) is 26.3 Å². The molecule has 1 aromatic carbocycles. The van der Waals surface area contributed by atoms with Crippen molar-refractivity contribution in [3.63, 3.8) is 0 Å². The number of anilines is 2. The monoisotopic (exact) mass is 450 g/mol. The Labute approximate surface area is 193 Å². The molecule has 3 heterocycles. The third kappa shape index (κ3) is 5.58. The van der Waals surface area contributed by atoms with E-state index in [0.29, 0.717) is 24.8 Å². The van der Waals surface area contributed by atoms with Crippen LogP contribution in [0.2, 0.25) is 0 Å².